The largest absolute Gasteiger partial charge is 0.493 e. The predicted octanol–water partition coefficient (Wildman–Crippen LogP) is 5.28. The minimum atomic E-state index is -0.352. The summed E-state index contributed by atoms with van der Waals surface area (Å²) in [5.74, 6) is 0.799. The highest BCUT2D eigenvalue weighted by Crippen LogP contribution is 2.46. The molecule has 5 nitrogen and oxygen atoms in total. The van der Waals surface area contributed by atoms with Crippen LogP contribution in [0.2, 0.25) is 0 Å². The minimum absolute atomic E-state index is 0.0915. The maximum Gasteiger partial charge on any atom is 0.270 e. The molecule has 0 aliphatic heterocycles. The number of unbranched alkanes of at least 4 members (excludes halogenated alkanes) is 1. The zero-order chi connectivity index (χ0) is 20.2. The first-order valence-electron chi connectivity index (χ1n) is 9.71. The Hall–Kier alpha value is -3.44. The van der Waals surface area contributed by atoms with Gasteiger partial charge in [-0.3, -0.25) is 10.1 Å². The number of nitrogens with two attached hydrogens (primary N) is 1. The van der Waals surface area contributed by atoms with Gasteiger partial charge in [-0.1, -0.05) is 42.5 Å². The van der Waals surface area contributed by atoms with Gasteiger partial charge in [0.2, 0.25) is 0 Å². The van der Waals surface area contributed by atoms with E-state index in [1.54, 1.807) is 12.1 Å². The molecule has 0 saturated carbocycles. The quantitative estimate of drug-likeness (QED) is 0.266. The maximum atomic E-state index is 11.3. The van der Waals surface area contributed by atoms with E-state index in [4.69, 9.17) is 10.5 Å². The standard InChI is InChI=1S/C24H22N2O3/c25-13-5-6-14-29-24-10-4-1-7-17(24)15-22-20-9-3-2-8-19(20)21-12-11-18(26(27)28)16-23(21)22/h1-4,7-12,15-16H,5-6,13-14,25H2/b22-15+. The number of ether oxygens (including phenoxy) is 1. The molecule has 0 heterocycles. The number of nitrogens with zero attached hydrogens (tertiary/aromatic N) is 1. The third kappa shape index (κ3) is 3.77. The molecule has 0 bridgehead atoms. The van der Waals surface area contributed by atoms with E-state index in [9.17, 15) is 10.1 Å². The van der Waals surface area contributed by atoms with Gasteiger partial charge >= 0.3 is 0 Å². The van der Waals surface area contributed by atoms with E-state index >= 15 is 0 Å². The molecule has 3 aromatic carbocycles. The fourth-order valence-corrected chi connectivity index (χ4v) is 3.67. The van der Waals surface area contributed by atoms with Gasteiger partial charge in [0.25, 0.3) is 5.69 Å². The number of nitro benzene ring substituents is 1. The average Bonchev–Trinajstić information content (AvgIpc) is 3.05. The molecule has 2 N–H and O–H groups in total. The molecule has 0 fully saturated rings. The zero-order valence-electron chi connectivity index (χ0n) is 16.0. The Morgan fingerprint density at radius 2 is 1.62 bits per heavy atom. The highest BCUT2D eigenvalue weighted by atomic mass is 16.6. The molecule has 1 aliphatic carbocycles. The molecule has 0 amide bonds. The van der Waals surface area contributed by atoms with Crippen LogP contribution in [0.5, 0.6) is 5.75 Å². The normalized spacial score (nSPS) is 13.2. The second kappa shape index (κ2) is 8.29. The molecule has 0 aromatic heterocycles. The lowest BCUT2D eigenvalue weighted by molar-refractivity contribution is -0.384. The second-order valence-electron chi connectivity index (χ2n) is 6.97. The lowest BCUT2D eigenvalue weighted by atomic mass is 10.0. The SMILES string of the molecule is NCCCCOc1ccccc1/C=C1\c2ccccc2-c2ccc([N+](=O)[O-])cc21. The van der Waals surface area contributed by atoms with Crippen molar-refractivity contribution in [1.29, 1.82) is 0 Å². The smallest absolute Gasteiger partial charge is 0.270 e. The molecular formula is C24H22N2O3. The van der Waals surface area contributed by atoms with Crippen molar-refractivity contribution >= 4 is 17.3 Å². The van der Waals surface area contributed by atoms with Crippen molar-refractivity contribution in [1.82, 2.24) is 0 Å². The van der Waals surface area contributed by atoms with Gasteiger partial charge in [0.05, 0.1) is 11.5 Å². The summed E-state index contributed by atoms with van der Waals surface area (Å²) in [5, 5.41) is 11.3. The summed E-state index contributed by atoms with van der Waals surface area (Å²) in [6.45, 7) is 1.26. The summed E-state index contributed by atoms with van der Waals surface area (Å²) in [5.41, 5.74) is 11.6. The minimum Gasteiger partial charge on any atom is -0.493 e. The van der Waals surface area contributed by atoms with Gasteiger partial charge in [0.1, 0.15) is 5.75 Å². The van der Waals surface area contributed by atoms with Crippen molar-refractivity contribution < 1.29 is 9.66 Å². The third-order valence-electron chi connectivity index (χ3n) is 5.09. The molecule has 0 saturated heterocycles. The van der Waals surface area contributed by atoms with Crippen molar-refractivity contribution in [2.45, 2.75) is 12.8 Å². The molecule has 0 radical (unpaired) electrons. The van der Waals surface area contributed by atoms with Crippen LogP contribution >= 0.6 is 0 Å². The Morgan fingerprint density at radius 1 is 0.897 bits per heavy atom. The third-order valence-corrected chi connectivity index (χ3v) is 5.09. The van der Waals surface area contributed by atoms with Crippen molar-refractivity contribution in [3.05, 3.63) is 93.5 Å². The molecule has 0 atom stereocenters. The van der Waals surface area contributed by atoms with Crippen molar-refractivity contribution in [3.63, 3.8) is 0 Å². The molecule has 0 unspecified atom stereocenters. The first-order chi connectivity index (χ1) is 14.2. The Morgan fingerprint density at radius 3 is 2.41 bits per heavy atom. The Kier molecular flexibility index (Phi) is 5.40. The number of non-ortho nitro benzene ring substituents is 1. The fraction of sp³-hybridized carbons (Fsp3) is 0.167. The van der Waals surface area contributed by atoms with E-state index in [2.05, 4.69) is 18.2 Å². The number of hydrogen-bond acceptors (Lipinski definition) is 4. The fourth-order valence-electron chi connectivity index (χ4n) is 3.67. The van der Waals surface area contributed by atoms with Gasteiger partial charge in [-0.2, -0.15) is 0 Å². The zero-order valence-corrected chi connectivity index (χ0v) is 16.0. The summed E-state index contributed by atoms with van der Waals surface area (Å²) in [4.78, 5) is 11.0. The van der Waals surface area contributed by atoms with E-state index in [0.717, 1.165) is 52.0 Å². The predicted molar refractivity (Wildman–Crippen MR) is 116 cm³/mol. The molecule has 29 heavy (non-hydrogen) atoms. The van der Waals surface area contributed by atoms with Crippen molar-refractivity contribution in [3.8, 4) is 16.9 Å². The number of fused-ring (bicyclic) bond motifs is 3. The van der Waals surface area contributed by atoms with Gasteiger partial charge in [0.15, 0.2) is 0 Å². The van der Waals surface area contributed by atoms with Crippen LogP contribution in [0.3, 0.4) is 0 Å². The van der Waals surface area contributed by atoms with Crippen LogP contribution in [0.1, 0.15) is 29.5 Å². The van der Waals surface area contributed by atoms with Crippen LogP contribution in [-0.4, -0.2) is 18.1 Å². The summed E-state index contributed by atoms with van der Waals surface area (Å²) in [6.07, 6.45) is 3.89. The van der Waals surface area contributed by atoms with Crippen LogP contribution < -0.4 is 10.5 Å². The lowest BCUT2D eigenvalue weighted by Crippen LogP contribution is -2.04. The average molecular weight is 386 g/mol. The topological polar surface area (TPSA) is 78.4 Å². The molecule has 1 aliphatic rings. The molecule has 0 spiro atoms. The molecular weight excluding hydrogens is 364 g/mol. The monoisotopic (exact) mass is 386 g/mol. The van der Waals surface area contributed by atoms with E-state index in [0.29, 0.717) is 13.2 Å². The Labute approximate surface area is 169 Å². The summed E-state index contributed by atoms with van der Waals surface area (Å²) in [6, 6.07) is 21.0. The van der Waals surface area contributed by atoms with E-state index in [1.165, 1.54) is 0 Å². The first-order valence-corrected chi connectivity index (χ1v) is 9.71. The van der Waals surface area contributed by atoms with E-state index in [1.807, 2.05) is 42.5 Å². The van der Waals surface area contributed by atoms with Gasteiger partial charge < -0.3 is 10.5 Å². The highest BCUT2D eigenvalue weighted by molar-refractivity contribution is 6.07. The lowest BCUT2D eigenvalue weighted by Gasteiger charge is -2.10. The second-order valence-corrected chi connectivity index (χ2v) is 6.97. The van der Waals surface area contributed by atoms with Gasteiger partial charge in [-0.15, -0.1) is 0 Å². The van der Waals surface area contributed by atoms with Crippen molar-refractivity contribution in [2.24, 2.45) is 5.73 Å². The number of para-hydroxylation sites is 1. The summed E-state index contributed by atoms with van der Waals surface area (Å²) >= 11 is 0. The summed E-state index contributed by atoms with van der Waals surface area (Å²) < 4.78 is 5.98. The number of nitro groups is 1. The summed E-state index contributed by atoms with van der Waals surface area (Å²) in [7, 11) is 0. The Bertz CT molecular complexity index is 1090. The van der Waals surface area contributed by atoms with Crippen LogP contribution in [0.25, 0.3) is 22.8 Å². The van der Waals surface area contributed by atoms with Gasteiger partial charge in [-0.25, -0.2) is 0 Å². The molecule has 146 valence electrons. The number of hydrogen-bond donors (Lipinski definition) is 1. The van der Waals surface area contributed by atoms with E-state index < -0.39 is 0 Å². The Balaban J connectivity index is 1.78. The van der Waals surface area contributed by atoms with Crippen LogP contribution in [0.15, 0.2) is 66.7 Å². The first kappa shape index (κ1) is 18.9. The van der Waals surface area contributed by atoms with Gasteiger partial charge in [-0.05, 0) is 65.4 Å². The van der Waals surface area contributed by atoms with Crippen LogP contribution in [-0.2, 0) is 0 Å². The highest BCUT2D eigenvalue weighted by Gasteiger charge is 2.25. The molecule has 5 heteroatoms. The maximum absolute atomic E-state index is 11.3. The molecule has 4 rings (SSSR count). The number of rotatable bonds is 7. The van der Waals surface area contributed by atoms with Crippen LogP contribution in [0.4, 0.5) is 5.69 Å². The number of benzene rings is 3. The van der Waals surface area contributed by atoms with Gasteiger partial charge in [0, 0.05) is 17.7 Å². The van der Waals surface area contributed by atoms with E-state index in [-0.39, 0.29) is 10.6 Å². The molecule has 3 aromatic rings. The van der Waals surface area contributed by atoms with Crippen molar-refractivity contribution in [2.75, 3.05) is 13.2 Å². The van der Waals surface area contributed by atoms with Crippen LogP contribution in [0, 0.1) is 10.1 Å².